The van der Waals surface area contributed by atoms with Crippen molar-refractivity contribution >= 4 is 40.7 Å². The third-order valence-electron chi connectivity index (χ3n) is 5.71. The lowest BCUT2D eigenvalue weighted by molar-refractivity contribution is -0.123. The van der Waals surface area contributed by atoms with Gasteiger partial charge in [-0.2, -0.15) is 0 Å². The van der Waals surface area contributed by atoms with Crippen LogP contribution in [0.4, 0.5) is 4.39 Å². The van der Waals surface area contributed by atoms with Crippen molar-refractivity contribution in [1.82, 2.24) is 29.6 Å². The number of aromatic amines is 1. The minimum absolute atomic E-state index is 0.113. The van der Waals surface area contributed by atoms with Gasteiger partial charge in [-0.3, -0.25) is 9.59 Å². The number of imidazole rings is 1. The number of fused-ring (bicyclic) bond motifs is 1. The third kappa shape index (κ3) is 5.44. The Morgan fingerprint density at radius 3 is 2.56 bits per heavy atom. The van der Waals surface area contributed by atoms with E-state index < -0.39 is 35.4 Å². The highest BCUT2D eigenvalue weighted by Gasteiger charge is 2.25. The van der Waals surface area contributed by atoms with Crippen LogP contribution >= 0.6 is 23.2 Å². The number of halogens is 3. The van der Waals surface area contributed by atoms with E-state index in [2.05, 4.69) is 20.6 Å². The fourth-order valence-corrected chi connectivity index (χ4v) is 4.06. The maximum atomic E-state index is 14.3. The molecule has 0 aliphatic heterocycles. The van der Waals surface area contributed by atoms with Gasteiger partial charge in [0.1, 0.15) is 16.9 Å². The molecule has 3 heterocycles. The van der Waals surface area contributed by atoms with Gasteiger partial charge in [-0.25, -0.2) is 18.6 Å². The summed E-state index contributed by atoms with van der Waals surface area (Å²) in [5.74, 6) is -1.69. The molecule has 4 rings (SSSR count). The Balaban J connectivity index is 1.53. The largest absolute Gasteiger partial charge is 0.346 e. The van der Waals surface area contributed by atoms with Crippen LogP contribution < -0.4 is 16.3 Å². The zero-order chi connectivity index (χ0) is 26.0. The van der Waals surface area contributed by atoms with Crippen LogP contribution in [0.2, 0.25) is 10.2 Å². The average molecular weight is 533 g/mol. The first kappa shape index (κ1) is 25.5. The van der Waals surface area contributed by atoms with Gasteiger partial charge in [-0.15, -0.1) is 0 Å². The zero-order valence-electron chi connectivity index (χ0n) is 19.4. The Labute approximate surface area is 215 Å². The summed E-state index contributed by atoms with van der Waals surface area (Å²) in [5, 5.41) is 5.81. The predicted molar refractivity (Wildman–Crippen MR) is 134 cm³/mol. The van der Waals surface area contributed by atoms with Crippen LogP contribution in [-0.2, 0) is 18.3 Å². The molecule has 0 radical (unpaired) electrons. The van der Waals surface area contributed by atoms with Crippen molar-refractivity contribution in [3.63, 3.8) is 0 Å². The quantitative estimate of drug-likeness (QED) is 0.322. The first-order valence-corrected chi connectivity index (χ1v) is 11.8. The molecule has 0 bridgehead atoms. The van der Waals surface area contributed by atoms with Crippen molar-refractivity contribution in [2.24, 2.45) is 7.05 Å². The summed E-state index contributed by atoms with van der Waals surface area (Å²) < 4.78 is 16.5. The monoisotopic (exact) mass is 532 g/mol. The molecule has 4 aromatic rings. The topological polar surface area (TPSA) is 113 Å². The predicted octanol–water partition coefficient (Wildman–Crippen LogP) is 3.42. The van der Waals surface area contributed by atoms with Crippen molar-refractivity contribution in [3.8, 4) is 0 Å². The summed E-state index contributed by atoms with van der Waals surface area (Å²) in [5.41, 5.74) is 0.794. The maximum Gasteiger partial charge on any atom is 0.333 e. The number of aryl methyl sites for hydroxylation is 2. The number of benzene rings is 1. The summed E-state index contributed by atoms with van der Waals surface area (Å²) in [6.07, 6.45) is 3.25. The Kier molecular flexibility index (Phi) is 7.46. The van der Waals surface area contributed by atoms with Crippen molar-refractivity contribution in [1.29, 1.82) is 0 Å². The molecular weight excluding hydrogens is 510 g/mol. The van der Waals surface area contributed by atoms with Crippen molar-refractivity contribution in [2.45, 2.75) is 31.8 Å². The third-order valence-corrected chi connectivity index (χ3v) is 6.40. The molecular formula is C24H23Cl2FN6O3. The second-order valence-electron chi connectivity index (χ2n) is 8.36. The molecule has 36 heavy (non-hydrogen) atoms. The van der Waals surface area contributed by atoms with Gasteiger partial charge in [0.05, 0.1) is 16.8 Å². The number of hydrogen-bond donors (Lipinski definition) is 3. The van der Waals surface area contributed by atoms with Crippen molar-refractivity contribution in [2.75, 3.05) is 0 Å². The first-order chi connectivity index (χ1) is 17.1. The molecule has 0 saturated heterocycles. The summed E-state index contributed by atoms with van der Waals surface area (Å²) in [7, 11) is 1.43. The van der Waals surface area contributed by atoms with E-state index in [-0.39, 0.29) is 21.5 Å². The SMILES string of the molecule is C[C@H](NC(=O)[C@H](CCc1ccccc1)NC(=O)c1cc(Cl)c(Cl)[nH]1)c1cn2c(=O)n(C)cc(F)c2n1. The van der Waals surface area contributed by atoms with Crippen molar-refractivity contribution in [3.05, 3.63) is 92.2 Å². The number of H-pyrrole nitrogens is 1. The number of nitrogens with one attached hydrogen (secondary N) is 3. The second-order valence-corrected chi connectivity index (χ2v) is 9.14. The Morgan fingerprint density at radius 2 is 1.89 bits per heavy atom. The van der Waals surface area contributed by atoms with Crippen molar-refractivity contribution < 1.29 is 14.0 Å². The fourth-order valence-electron chi connectivity index (χ4n) is 3.75. The number of aromatic nitrogens is 4. The van der Waals surface area contributed by atoms with Gasteiger partial charge in [-0.1, -0.05) is 53.5 Å². The minimum atomic E-state index is -0.914. The highest BCUT2D eigenvalue weighted by Crippen LogP contribution is 2.22. The van der Waals surface area contributed by atoms with E-state index >= 15 is 0 Å². The lowest BCUT2D eigenvalue weighted by Gasteiger charge is -2.20. The number of rotatable bonds is 8. The normalized spacial score (nSPS) is 12.9. The molecule has 2 atom stereocenters. The highest BCUT2D eigenvalue weighted by molar-refractivity contribution is 6.41. The maximum absolute atomic E-state index is 14.3. The van der Waals surface area contributed by atoms with E-state index in [0.717, 1.165) is 20.7 Å². The Hall–Kier alpha value is -3.63. The van der Waals surface area contributed by atoms with Crippen LogP contribution in [0.3, 0.4) is 0 Å². The van der Waals surface area contributed by atoms with Gasteiger partial charge in [0.25, 0.3) is 5.91 Å². The van der Waals surface area contributed by atoms with Crippen LogP contribution in [0.1, 0.15) is 41.1 Å². The van der Waals surface area contributed by atoms with E-state index in [4.69, 9.17) is 23.2 Å². The molecule has 0 aliphatic rings. The van der Waals surface area contributed by atoms with Gasteiger partial charge in [-0.05, 0) is 31.4 Å². The molecule has 0 unspecified atom stereocenters. The van der Waals surface area contributed by atoms with E-state index in [1.165, 1.54) is 19.3 Å². The molecule has 3 aromatic heterocycles. The van der Waals surface area contributed by atoms with Crippen LogP contribution in [0.15, 0.2) is 53.6 Å². The van der Waals surface area contributed by atoms with E-state index in [9.17, 15) is 18.8 Å². The van der Waals surface area contributed by atoms with E-state index in [0.29, 0.717) is 18.5 Å². The molecule has 0 saturated carbocycles. The number of hydrogen-bond acceptors (Lipinski definition) is 4. The first-order valence-electron chi connectivity index (χ1n) is 11.1. The molecule has 0 fully saturated rings. The molecule has 3 N–H and O–H groups in total. The lowest BCUT2D eigenvalue weighted by Crippen LogP contribution is -2.47. The molecule has 188 valence electrons. The van der Waals surface area contributed by atoms with Crippen LogP contribution in [0.25, 0.3) is 5.65 Å². The molecule has 12 heteroatoms. The fraction of sp³-hybridized carbons (Fsp3) is 0.250. The summed E-state index contributed by atoms with van der Waals surface area (Å²) in [4.78, 5) is 45.2. The molecule has 0 aliphatic carbocycles. The second kappa shape index (κ2) is 10.5. The standard InChI is InChI=1S/C24H23Cl2FN6O3/c1-13(19-12-33-21(30-19)16(27)11-32(2)24(33)36)28-22(34)17(9-8-14-6-4-3-5-7-14)31-23(35)18-10-15(25)20(26)29-18/h3-7,10-13,17,29H,8-9H2,1-2H3,(H,28,34)(H,31,35)/t13-,17-/m0/s1. The van der Waals surface area contributed by atoms with Gasteiger partial charge < -0.3 is 20.2 Å². The van der Waals surface area contributed by atoms with E-state index in [1.807, 2.05) is 30.3 Å². The summed E-state index contributed by atoms with van der Waals surface area (Å²) >= 11 is 11.8. The molecule has 1 aromatic carbocycles. The minimum Gasteiger partial charge on any atom is -0.346 e. The smallest absolute Gasteiger partial charge is 0.333 e. The zero-order valence-corrected chi connectivity index (χ0v) is 20.9. The highest BCUT2D eigenvalue weighted by atomic mass is 35.5. The van der Waals surface area contributed by atoms with Gasteiger partial charge in [0, 0.05) is 19.4 Å². The van der Waals surface area contributed by atoms with Gasteiger partial charge in [0.15, 0.2) is 11.5 Å². The number of amides is 2. The average Bonchev–Trinajstić information content (AvgIpc) is 3.45. The Bertz CT molecular complexity index is 1460. The number of carbonyl (C=O) groups is 2. The number of carbonyl (C=O) groups excluding carboxylic acids is 2. The summed E-state index contributed by atoms with van der Waals surface area (Å²) in [6.45, 7) is 1.66. The molecule has 9 nitrogen and oxygen atoms in total. The van der Waals surface area contributed by atoms with Gasteiger partial charge in [0.2, 0.25) is 5.91 Å². The molecule has 0 spiro atoms. The van der Waals surface area contributed by atoms with Crippen LogP contribution in [0, 0.1) is 5.82 Å². The Morgan fingerprint density at radius 1 is 1.17 bits per heavy atom. The van der Waals surface area contributed by atoms with Gasteiger partial charge >= 0.3 is 5.69 Å². The van der Waals surface area contributed by atoms with Crippen LogP contribution in [-0.4, -0.2) is 36.8 Å². The lowest BCUT2D eigenvalue weighted by atomic mass is 10.0. The molecule has 2 amide bonds. The number of nitrogens with zero attached hydrogens (tertiary/aromatic N) is 3. The van der Waals surface area contributed by atoms with Crippen LogP contribution in [0.5, 0.6) is 0 Å². The summed E-state index contributed by atoms with van der Waals surface area (Å²) in [6, 6.07) is 9.31. The van der Waals surface area contributed by atoms with E-state index in [1.54, 1.807) is 6.92 Å².